The molecule has 0 amide bonds. The van der Waals surface area contributed by atoms with Crippen LogP contribution in [0.2, 0.25) is 0 Å². The van der Waals surface area contributed by atoms with Crippen molar-refractivity contribution in [3.63, 3.8) is 0 Å². The number of rotatable bonds is 8. The van der Waals surface area contributed by atoms with Gasteiger partial charge >= 0.3 is 0 Å². The average Bonchev–Trinajstić information content (AvgIpc) is 3.22. The van der Waals surface area contributed by atoms with Crippen LogP contribution in [0.4, 0.5) is 4.39 Å². The van der Waals surface area contributed by atoms with E-state index in [1.807, 2.05) is 42.1 Å². The number of benzene rings is 3. The van der Waals surface area contributed by atoms with Crippen molar-refractivity contribution in [2.75, 3.05) is 26.7 Å². The first-order valence-electron chi connectivity index (χ1n) is 11.9. The lowest BCUT2D eigenvalue weighted by atomic mass is 10.1. The van der Waals surface area contributed by atoms with E-state index in [0.29, 0.717) is 11.8 Å². The van der Waals surface area contributed by atoms with Gasteiger partial charge in [-0.25, -0.2) is 9.37 Å². The summed E-state index contributed by atoms with van der Waals surface area (Å²) in [6.07, 6.45) is 3.38. The largest absolute Gasteiger partial charge is 0.497 e. The Kier molecular flexibility index (Phi) is 7.16. The third kappa shape index (κ3) is 5.45. The SMILES string of the molecule is COc1ccc(CCN2CCC(Sc3nc4ccccc4n3Cc3ccc(F)cc3)CC2)cc1. The lowest BCUT2D eigenvalue weighted by Crippen LogP contribution is -2.36. The van der Waals surface area contributed by atoms with Crippen LogP contribution < -0.4 is 4.74 Å². The summed E-state index contributed by atoms with van der Waals surface area (Å²) in [6, 6.07) is 23.5. The number of piperidine rings is 1. The average molecular weight is 476 g/mol. The lowest BCUT2D eigenvalue weighted by molar-refractivity contribution is 0.235. The van der Waals surface area contributed by atoms with Gasteiger partial charge in [-0.2, -0.15) is 0 Å². The summed E-state index contributed by atoms with van der Waals surface area (Å²) in [6.45, 7) is 4.02. The summed E-state index contributed by atoms with van der Waals surface area (Å²) in [5.41, 5.74) is 4.59. The van der Waals surface area contributed by atoms with Gasteiger partial charge in [-0.05, 0) is 79.9 Å². The van der Waals surface area contributed by atoms with Crippen LogP contribution in [0.5, 0.6) is 5.75 Å². The Labute approximate surface area is 204 Å². The summed E-state index contributed by atoms with van der Waals surface area (Å²) in [5.74, 6) is 0.708. The highest BCUT2D eigenvalue weighted by atomic mass is 32.2. The molecule has 0 spiro atoms. The Morgan fingerprint density at radius 2 is 1.65 bits per heavy atom. The highest BCUT2D eigenvalue weighted by Crippen LogP contribution is 2.33. The molecular formula is C28H30FN3OS. The van der Waals surface area contributed by atoms with Crippen LogP contribution in [-0.4, -0.2) is 46.4 Å². The molecule has 1 saturated heterocycles. The van der Waals surface area contributed by atoms with Crippen LogP contribution in [0.15, 0.2) is 78.0 Å². The third-order valence-corrected chi connectivity index (χ3v) is 7.88. The van der Waals surface area contributed by atoms with Gasteiger partial charge in [-0.15, -0.1) is 0 Å². The van der Waals surface area contributed by atoms with Gasteiger partial charge in [0.05, 0.1) is 24.7 Å². The van der Waals surface area contributed by atoms with Gasteiger partial charge in [0.2, 0.25) is 0 Å². The van der Waals surface area contributed by atoms with Crippen LogP contribution in [0.3, 0.4) is 0 Å². The second-order valence-corrected chi connectivity index (χ2v) is 10.1. The maximum absolute atomic E-state index is 13.4. The van der Waals surface area contributed by atoms with Crippen molar-refractivity contribution in [2.24, 2.45) is 0 Å². The zero-order chi connectivity index (χ0) is 23.3. The van der Waals surface area contributed by atoms with Gasteiger partial charge in [0, 0.05) is 11.8 Å². The molecule has 1 fully saturated rings. The molecule has 0 bridgehead atoms. The van der Waals surface area contributed by atoms with Crippen LogP contribution in [0.1, 0.15) is 24.0 Å². The molecule has 2 heterocycles. The number of ether oxygens (including phenoxy) is 1. The number of likely N-dealkylation sites (tertiary alicyclic amines) is 1. The fraction of sp³-hybridized carbons (Fsp3) is 0.321. The van der Waals surface area contributed by atoms with Crippen molar-refractivity contribution in [2.45, 2.75) is 36.2 Å². The number of methoxy groups -OCH3 is 1. The van der Waals surface area contributed by atoms with E-state index >= 15 is 0 Å². The zero-order valence-electron chi connectivity index (χ0n) is 19.5. The highest BCUT2D eigenvalue weighted by molar-refractivity contribution is 7.99. The summed E-state index contributed by atoms with van der Waals surface area (Å²) in [5, 5.41) is 1.61. The minimum atomic E-state index is -0.201. The molecule has 4 nitrogen and oxygen atoms in total. The molecule has 1 aromatic heterocycles. The van der Waals surface area contributed by atoms with Gasteiger partial charge in [0.1, 0.15) is 11.6 Å². The van der Waals surface area contributed by atoms with Crippen molar-refractivity contribution in [3.05, 3.63) is 89.7 Å². The van der Waals surface area contributed by atoms with Crippen molar-refractivity contribution in [1.29, 1.82) is 0 Å². The van der Waals surface area contributed by atoms with E-state index in [-0.39, 0.29) is 5.82 Å². The molecule has 0 unspecified atom stereocenters. The number of para-hydroxylation sites is 2. The molecule has 1 aliphatic rings. The number of hydrogen-bond acceptors (Lipinski definition) is 4. The fourth-order valence-corrected chi connectivity index (χ4v) is 5.73. The maximum Gasteiger partial charge on any atom is 0.169 e. The first-order chi connectivity index (χ1) is 16.7. The van der Waals surface area contributed by atoms with Gasteiger partial charge in [0.15, 0.2) is 5.16 Å². The molecule has 3 aromatic carbocycles. The third-order valence-electron chi connectivity index (χ3n) is 6.56. The Hall–Kier alpha value is -2.83. The molecule has 0 atom stereocenters. The molecular weight excluding hydrogens is 445 g/mol. The topological polar surface area (TPSA) is 30.3 Å². The minimum Gasteiger partial charge on any atom is -0.497 e. The summed E-state index contributed by atoms with van der Waals surface area (Å²) < 4.78 is 20.9. The minimum absolute atomic E-state index is 0.201. The van der Waals surface area contributed by atoms with Gasteiger partial charge in [0.25, 0.3) is 0 Å². The number of halogens is 1. The molecule has 0 saturated carbocycles. The molecule has 5 rings (SSSR count). The van der Waals surface area contributed by atoms with E-state index in [1.165, 1.54) is 17.7 Å². The van der Waals surface area contributed by atoms with Crippen molar-refractivity contribution < 1.29 is 9.13 Å². The number of imidazole rings is 1. The van der Waals surface area contributed by atoms with Crippen molar-refractivity contribution in [3.8, 4) is 5.75 Å². The maximum atomic E-state index is 13.4. The number of nitrogens with zero attached hydrogens (tertiary/aromatic N) is 3. The smallest absolute Gasteiger partial charge is 0.169 e. The zero-order valence-corrected chi connectivity index (χ0v) is 20.3. The fourth-order valence-electron chi connectivity index (χ4n) is 4.55. The van der Waals surface area contributed by atoms with E-state index in [1.54, 1.807) is 7.11 Å². The first-order valence-corrected chi connectivity index (χ1v) is 12.8. The van der Waals surface area contributed by atoms with Gasteiger partial charge in [-0.1, -0.05) is 48.2 Å². The molecule has 0 radical (unpaired) electrons. The van der Waals surface area contributed by atoms with Gasteiger partial charge in [-0.3, -0.25) is 0 Å². The summed E-state index contributed by atoms with van der Waals surface area (Å²) in [4.78, 5) is 7.53. The van der Waals surface area contributed by atoms with Crippen molar-refractivity contribution in [1.82, 2.24) is 14.5 Å². The second kappa shape index (κ2) is 10.6. The normalized spacial score (nSPS) is 15.1. The summed E-state index contributed by atoms with van der Waals surface area (Å²) >= 11 is 1.90. The Balaban J connectivity index is 1.21. The molecule has 176 valence electrons. The molecule has 6 heteroatoms. The lowest BCUT2D eigenvalue weighted by Gasteiger charge is -2.31. The van der Waals surface area contributed by atoms with Crippen LogP contribution in [0, 0.1) is 5.82 Å². The van der Waals surface area contributed by atoms with Gasteiger partial charge < -0.3 is 14.2 Å². The molecule has 0 aliphatic carbocycles. The van der Waals surface area contributed by atoms with E-state index in [0.717, 1.165) is 66.4 Å². The number of hydrogen-bond donors (Lipinski definition) is 0. The van der Waals surface area contributed by atoms with E-state index in [4.69, 9.17) is 9.72 Å². The number of thioether (sulfide) groups is 1. The number of aromatic nitrogens is 2. The second-order valence-electron chi connectivity index (χ2n) is 8.85. The van der Waals surface area contributed by atoms with Crippen LogP contribution in [0.25, 0.3) is 11.0 Å². The molecule has 4 aromatic rings. The van der Waals surface area contributed by atoms with Crippen LogP contribution >= 0.6 is 11.8 Å². The molecule has 0 N–H and O–H groups in total. The molecule has 1 aliphatic heterocycles. The Morgan fingerprint density at radius 1 is 0.941 bits per heavy atom. The quantitative estimate of drug-likeness (QED) is 0.311. The number of fused-ring (bicyclic) bond motifs is 1. The Morgan fingerprint density at radius 3 is 2.38 bits per heavy atom. The predicted octanol–water partition coefficient (Wildman–Crippen LogP) is 6.03. The molecule has 34 heavy (non-hydrogen) atoms. The highest BCUT2D eigenvalue weighted by Gasteiger charge is 2.23. The van der Waals surface area contributed by atoms with Crippen molar-refractivity contribution >= 4 is 22.8 Å². The predicted molar refractivity (Wildman–Crippen MR) is 137 cm³/mol. The first kappa shape index (κ1) is 22.9. The van der Waals surface area contributed by atoms with E-state index < -0.39 is 0 Å². The monoisotopic (exact) mass is 475 g/mol. The van der Waals surface area contributed by atoms with Crippen LogP contribution in [-0.2, 0) is 13.0 Å². The van der Waals surface area contributed by atoms with E-state index in [2.05, 4.69) is 39.8 Å². The summed E-state index contributed by atoms with van der Waals surface area (Å²) in [7, 11) is 1.70. The Bertz CT molecular complexity index is 1210. The van der Waals surface area contributed by atoms with E-state index in [9.17, 15) is 4.39 Å². The standard InChI is InChI=1S/C28H30FN3OS/c1-33-24-12-8-21(9-13-24)14-17-31-18-15-25(16-19-31)34-28-30-26-4-2-3-5-27(26)32(28)20-22-6-10-23(29)11-7-22/h2-13,25H,14-20H2,1H3.